The lowest BCUT2D eigenvalue weighted by atomic mass is 9.94. The van der Waals surface area contributed by atoms with E-state index in [2.05, 4.69) is 12.2 Å². The fourth-order valence-electron chi connectivity index (χ4n) is 2.10. The molecule has 0 spiro atoms. The highest BCUT2D eigenvalue weighted by molar-refractivity contribution is 5.80. The van der Waals surface area contributed by atoms with Gasteiger partial charge in [-0.15, -0.1) is 0 Å². The molecule has 15 heavy (non-hydrogen) atoms. The summed E-state index contributed by atoms with van der Waals surface area (Å²) in [4.78, 5) is 10.8. The van der Waals surface area contributed by atoms with Crippen molar-refractivity contribution in [1.82, 2.24) is 0 Å². The maximum absolute atomic E-state index is 10.8. The van der Waals surface area contributed by atoms with Crippen LogP contribution in [0.4, 0.5) is 0 Å². The maximum atomic E-state index is 10.8. The number of aldehydes is 1. The highest BCUT2D eigenvalue weighted by Gasteiger charge is 2.17. The molecule has 0 heterocycles. The van der Waals surface area contributed by atoms with Gasteiger partial charge in [0, 0.05) is 11.5 Å². The van der Waals surface area contributed by atoms with Gasteiger partial charge in [-0.3, -0.25) is 4.79 Å². The first kappa shape index (κ1) is 9.97. The molecule has 0 aromatic heterocycles. The predicted octanol–water partition coefficient (Wildman–Crippen LogP) is 2.95. The van der Waals surface area contributed by atoms with E-state index in [4.69, 9.17) is 0 Å². The molecule has 0 saturated carbocycles. The predicted molar refractivity (Wildman–Crippen MR) is 59.3 cm³/mol. The Balaban J connectivity index is 2.49. The van der Waals surface area contributed by atoms with Crippen molar-refractivity contribution in [3.8, 4) is 5.75 Å². The van der Waals surface area contributed by atoms with E-state index < -0.39 is 0 Å². The lowest BCUT2D eigenvalue weighted by Crippen LogP contribution is -1.96. The second-order valence-corrected chi connectivity index (χ2v) is 4.02. The summed E-state index contributed by atoms with van der Waals surface area (Å²) in [6.45, 7) is 1.94. The zero-order valence-electron chi connectivity index (χ0n) is 8.73. The molecule has 1 N–H and O–H groups in total. The number of carbonyl (C=O) groups excluding carboxylic acids is 1. The molecule has 78 valence electrons. The molecular formula is C13H14O2. The van der Waals surface area contributed by atoms with Crippen molar-refractivity contribution < 1.29 is 9.90 Å². The largest absolute Gasteiger partial charge is 0.507 e. The van der Waals surface area contributed by atoms with Crippen molar-refractivity contribution in [3.63, 3.8) is 0 Å². The van der Waals surface area contributed by atoms with Crippen LogP contribution in [-0.4, -0.2) is 11.4 Å². The summed E-state index contributed by atoms with van der Waals surface area (Å²) in [5.74, 6) is 0.413. The molecule has 2 rings (SSSR count). The molecule has 0 bridgehead atoms. The first-order chi connectivity index (χ1) is 7.22. The van der Waals surface area contributed by atoms with Crippen LogP contribution in [0.1, 0.15) is 40.2 Å². The normalized spacial score (nSPS) is 19.4. The average molecular weight is 202 g/mol. The van der Waals surface area contributed by atoms with Gasteiger partial charge >= 0.3 is 0 Å². The minimum atomic E-state index is 0.146. The summed E-state index contributed by atoms with van der Waals surface area (Å²) >= 11 is 0. The van der Waals surface area contributed by atoms with Crippen molar-refractivity contribution in [2.24, 2.45) is 0 Å². The topological polar surface area (TPSA) is 37.3 Å². The van der Waals surface area contributed by atoms with Gasteiger partial charge in [0.2, 0.25) is 0 Å². The van der Waals surface area contributed by atoms with Crippen LogP contribution in [-0.2, 0) is 0 Å². The van der Waals surface area contributed by atoms with Gasteiger partial charge in [0.15, 0.2) is 6.29 Å². The Labute approximate surface area is 89.2 Å². The van der Waals surface area contributed by atoms with E-state index in [0.717, 1.165) is 24.0 Å². The average Bonchev–Trinajstić information content (AvgIpc) is 2.74. The van der Waals surface area contributed by atoms with Crippen LogP contribution in [0.3, 0.4) is 0 Å². The van der Waals surface area contributed by atoms with Gasteiger partial charge in [-0.25, -0.2) is 0 Å². The Hall–Kier alpha value is -1.57. The van der Waals surface area contributed by atoms with Gasteiger partial charge in [-0.1, -0.05) is 18.2 Å². The maximum Gasteiger partial charge on any atom is 0.153 e. The highest BCUT2D eigenvalue weighted by atomic mass is 16.3. The van der Waals surface area contributed by atoms with E-state index >= 15 is 0 Å². The second kappa shape index (κ2) is 3.89. The lowest BCUT2D eigenvalue weighted by molar-refractivity contribution is 0.112. The molecule has 0 saturated heterocycles. The van der Waals surface area contributed by atoms with Gasteiger partial charge in [-0.2, -0.15) is 0 Å². The first-order valence-electron chi connectivity index (χ1n) is 5.17. The summed E-state index contributed by atoms with van der Waals surface area (Å²) < 4.78 is 0. The lowest BCUT2D eigenvalue weighted by Gasteiger charge is -2.13. The Morgan fingerprint density at radius 3 is 2.87 bits per heavy atom. The third kappa shape index (κ3) is 1.80. The van der Waals surface area contributed by atoms with Crippen LogP contribution in [0.25, 0.3) is 0 Å². The Morgan fingerprint density at radius 1 is 1.47 bits per heavy atom. The quantitative estimate of drug-likeness (QED) is 0.591. The number of aromatic hydroxyl groups is 1. The van der Waals surface area contributed by atoms with E-state index in [1.54, 1.807) is 6.07 Å². The summed E-state index contributed by atoms with van der Waals surface area (Å²) in [6.07, 6.45) is 7.00. The number of phenols is 1. The molecule has 1 aromatic rings. The van der Waals surface area contributed by atoms with E-state index in [9.17, 15) is 9.90 Å². The molecule has 2 nitrogen and oxygen atoms in total. The number of rotatable bonds is 2. The van der Waals surface area contributed by atoms with Crippen LogP contribution < -0.4 is 0 Å². The zero-order chi connectivity index (χ0) is 10.8. The highest BCUT2D eigenvalue weighted by Crippen LogP contribution is 2.36. The standard InChI is InChI=1S/C13H14O2/c1-9-6-11(8-14)13(15)12(7-9)10-4-2-3-5-10/h2,4,6-8,10,15H,3,5H2,1H3/t10-/m1/s1. The van der Waals surface area contributed by atoms with Crippen molar-refractivity contribution in [3.05, 3.63) is 41.0 Å². The smallest absolute Gasteiger partial charge is 0.153 e. The minimum absolute atomic E-state index is 0.146. The molecule has 0 amide bonds. The molecule has 0 fully saturated rings. The van der Waals surface area contributed by atoms with E-state index in [1.807, 2.05) is 13.0 Å². The van der Waals surface area contributed by atoms with Crippen LogP contribution in [0.2, 0.25) is 0 Å². The number of allylic oxidation sites excluding steroid dienone is 2. The molecule has 2 heteroatoms. The summed E-state index contributed by atoms with van der Waals surface area (Å²) in [7, 11) is 0. The van der Waals surface area contributed by atoms with Crippen LogP contribution >= 0.6 is 0 Å². The van der Waals surface area contributed by atoms with Crippen molar-refractivity contribution in [2.75, 3.05) is 0 Å². The van der Waals surface area contributed by atoms with Gasteiger partial charge in [0.25, 0.3) is 0 Å². The summed E-state index contributed by atoms with van der Waals surface area (Å²) in [5, 5.41) is 9.91. The second-order valence-electron chi connectivity index (χ2n) is 4.02. The number of hydrogen-bond donors (Lipinski definition) is 1. The van der Waals surface area contributed by atoms with E-state index in [1.165, 1.54) is 0 Å². The Kier molecular flexibility index (Phi) is 2.58. The summed E-state index contributed by atoms with van der Waals surface area (Å²) in [5.41, 5.74) is 2.29. The SMILES string of the molecule is Cc1cc(C=O)c(O)c([C@@H]2C=CCC2)c1. The van der Waals surface area contributed by atoms with Gasteiger partial charge in [0.1, 0.15) is 5.75 Å². The fraction of sp³-hybridized carbons (Fsp3) is 0.308. The van der Waals surface area contributed by atoms with Crippen molar-refractivity contribution >= 4 is 6.29 Å². The molecule has 0 aliphatic heterocycles. The van der Waals surface area contributed by atoms with Crippen LogP contribution in [0.15, 0.2) is 24.3 Å². The molecule has 1 aliphatic carbocycles. The third-order valence-corrected chi connectivity index (χ3v) is 2.85. The number of benzene rings is 1. The van der Waals surface area contributed by atoms with Gasteiger partial charge in [0.05, 0.1) is 5.56 Å². The number of phenolic OH excluding ortho intramolecular Hbond substituents is 1. The minimum Gasteiger partial charge on any atom is -0.507 e. The van der Waals surface area contributed by atoms with Gasteiger partial charge < -0.3 is 5.11 Å². The molecule has 1 atom stereocenters. The molecule has 1 aromatic carbocycles. The Bertz CT molecular complexity index is 419. The third-order valence-electron chi connectivity index (χ3n) is 2.85. The number of hydrogen-bond acceptors (Lipinski definition) is 2. The van der Waals surface area contributed by atoms with Gasteiger partial charge in [-0.05, 0) is 31.4 Å². The Morgan fingerprint density at radius 2 is 2.27 bits per heavy atom. The fourth-order valence-corrected chi connectivity index (χ4v) is 2.10. The molecule has 0 unspecified atom stereocenters. The monoisotopic (exact) mass is 202 g/mol. The molecular weight excluding hydrogens is 188 g/mol. The van der Waals surface area contributed by atoms with Crippen LogP contribution in [0, 0.1) is 6.92 Å². The molecule has 1 aliphatic rings. The number of aryl methyl sites for hydroxylation is 1. The molecule has 0 radical (unpaired) electrons. The summed E-state index contributed by atoms with van der Waals surface area (Å²) in [6, 6.07) is 3.67. The van der Waals surface area contributed by atoms with E-state index in [0.29, 0.717) is 11.8 Å². The van der Waals surface area contributed by atoms with Crippen molar-refractivity contribution in [1.29, 1.82) is 0 Å². The van der Waals surface area contributed by atoms with Crippen LogP contribution in [0.5, 0.6) is 5.75 Å². The first-order valence-corrected chi connectivity index (χ1v) is 5.17. The van der Waals surface area contributed by atoms with E-state index in [-0.39, 0.29) is 11.7 Å². The number of carbonyl (C=O) groups is 1. The van der Waals surface area contributed by atoms with Crippen molar-refractivity contribution in [2.45, 2.75) is 25.7 Å². The zero-order valence-corrected chi connectivity index (χ0v) is 8.73.